The molecule has 1 rings (SSSR count). The van der Waals surface area contributed by atoms with E-state index in [1.807, 2.05) is 6.07 Å². The van der Waals surface area contributed by atoms with Gasteiger partial charge in [0.2, 0.25) is 0 Å². The van der Waals surface area contributed by atoms with Crippen molar-refractivity contribution < 1.29 is 4.74 Å². The SMILES string of the molecule is CCC(C)CNCc1cc(Br)cc(Br)c1OC. The van der Waals surface area contributed by atoms with Crippen molar-refractivity contribution in [2.45, 2.75) is 26.8 Å². The molecule has 0 amide bonds. The number of nitrogens with one attached hydrogen (secondary N) is 1. The second-order valence-corrected chi connectivity index (χ2v) is 5.99. The number of benzene rings is 1. The first kappa shape index (κ1) is 15.0. The first-order chi connectivity index (χ1) is 8.08. The summed E-state index contributed by atoms with van der Waals surface area (Å²) in [5.41, 5.74) is 1.16. The largest absolute Gasteiger partial charge is 0.495 e. The number of hydrogen-bond acceptors (Lipinski definition) is 2. The Kier molecular flexibility index (Phi) is 6.52. The van der Waals surface area contributed by atoms with Crippen molar-refractivity contribution in [3.05, 3.63) is 26.6 Å². The molecule has 0 aliphatic carbocycles. The summed E-state index contributed by atoms with van der Waals surface area (Å²) in [5, 5.41) is 3.46. The second-order valence-electron chi connectivity index (χ2n) is 4.22. The fourth-order valence-corrected chi connectivity index (χ4v) is 3.05. The van der Waals surface area contributed by atoms with Gasteiger partial charge in [-0.1, -0.05) is 36.2 Å². The van der Waals surface area contributed by atoms with Crippen molar-refractivity contribution in [1.82, 2.24) is 5.32 Å². The van der Waals surface area contributed by atoms with Crippen molar-refractivity contribution >= 4 is 31.9 Å². The lowest BCUT2D eigenvalue weighted by molar-refractivity contribution is 0.403. The zero-order valence-electron chi connectivity index (χ0n) is 10.5. The van der Waals surface area contributed by atoms with E-state index in [2.05, 4.69) is 57.1 Å². The minimum atomic E-state index is 0.705. The van der Waals surface area contributed by atoms with Gasteiger partial charge < -0.3 is 10.1 Å². The zero-order valence-corrected chi connectivity index (χ0v) is 13.7. The van der Waals surface area contributed by atoms with E-state index in [1.165, 1.54) is 6.42 Å². The van der Waals surface area contributed by atoms with Crippen molar-refractivity contribution in [2.75, 3.05) is 13.7 Å². The summed E-state index contributed by atoms with van der Waals surface area (Å²) in [4.78, 5) is 0. The number of ether oxygens (including phenoxy) is 1. The van der Waals surface area contributed by atoms with Gasteiger partial charge >= 0.3 is 0 Å². The van der Waals surface area contributed by atoms with Gasteiger partial charge in [-0.15, -0.1) is 0 Å². The predicted octanol–water partition coefficient (Wildman–Crippen LogP) is 4.36. The lowest BCUT2D eigenvalue weighted by Crippen LogP contribution is -2.20. The molecule has 0 saturated carbocycles. The highest BCUT2D eigenvalue weighted by atomic mass is 79.9. The first-order valence-electron chi connectivity index (χ1n) is 5.81. The third-order valence-corrected chi connectivity index (χ3v) is 3.84. The van der Waals surface area contributed by atoms with Crippen molar-refractivity contribution in [3.8, 4) is 5.75 Å². The molecular weight excluding hydrogens is 346 g/mol. The molecule has 1 unspecified atom stereocenters. The molecule has 17 heavy (non-hydrogen) atoms. The topological polar surface area (TPSA) is 21.3 Å². The maximum absolute atomic E-state index is 5.41. The van der Waals surface area contributed by atoms with Gasteiger partial charge in [-0.3, -0.25) is 0 Å². The monoisotopic (exact) mass is 363 g/mol. The van der Waals surface area contributed by atoms with E-state index >= 15 is 0 Å². The molecule has 1 aromatic carbocycles. The van der Waals surface area contributed by atoms with E-state index in [4.69, 9.17) is 4.74 Å². The molecule has 1 atom stereocenters. The maximum atomic E-state index is 5.41. The fraction of sp³-hybridized carbons (Fsp3) is 0.538. The van der Waals surface area contributed by atoms with Crippen LogP contribution in [-0.2, 0) is 6.54 Å². The molecule has 0 spiro atoms. The molecule has 2 nitrogen and oxygen atoms in total. The van der Waals surface area contributed by atoms with Crippen molar-refractivity contribution in [1.29, 1.82) is 0 Å². The van der Waals surface area contributed by atoms with Crippen LogP contribution in [0.1, 0.15) is 25.8 Å². The van der Waals surface area contributed by atoms with Crippen LogP contribution in [0.25, 0.3) is 0 Å². The number of rotatable bonds is 6. The zero-order chi connectivity index (χ0) is 12.8. The molecule has 0 saturated heterocycles. The Bertz CT molecular complexity index is 369. The van der Waals surface area contributed by atoms with Crippen LogP contribution in [0, 0.1) is 5.92 Å². The van der Waals surface area contributed by atoms with Crippen LogP contribution in [0.3, 0.4) is 0 Å². The molecule has 1 N–H and O–H groups in total. The van der Waals surface area contributed by atoms with E-state index in [9.17, 15) is 0 Å². The maximum Gasteiger partial charge on any atom is 0.137 e. The summed E-state index contributed by atoms with van der Waals surface area (Å²) in [5.74, 6) is 1.61. The molecule has 1 aromatic rings. The Morgan fingerprint density at radius 2 is 2.06 bits per heavy atom. The second kappa shape index (κ2) is 7.39. The van der Waals surface area contributed by atoms with E-state index in [-0.39, 0.29) is 0 Å². The van der Waals surface area contributed by atoms with Crippen LogP contribution >= 0.6 is 31.9 Å². The molecule has 4 heteroatoms. The van der Waals surface area contributed by atoms with Gasteiger partial charge in [-0.25, -0.2) is 0 Å². The summed E-state index contributed by atoms with van der Waals surface area (Å²) < 4.78 is 7.45. The van der Waals surface area contributed by atoms with Gasteiger partial charge in [-0.2, -0.15) is 0 Å². The highest BCUT2D eigenvalue weighted by Crippen LogP contribution is 2.32. The van der Waals surface area contributed by atoms with Crippen LogP contribution in [0.2, 0.25) is 0 Å². The standard InChI is InChI=1S/C13H19Br2NO/c1-4-9(2)7-16-8-10-5-11(14)6-12(15)13(10)17-3/h5-6,9,16H,4,7-8H2,1-3H3. The summed E-state index contributed by atoms with van der Waals surface area (Å²) in [6.07, 6.45) is 1.20. The lowest BCUT2D eigenvalue weighted by atomic mass is 10.1. The lowest BCUT2D eigenvalue weighted by Gasteiger charge is -2.14. The molecule has 0 aliphatic rings. The third-order valence-electron chi connectivity index (χ3n) is 2.79. The Balaban J connectivity index is 2.69. The average molecular weight is 365 g/mol. The van der Waals surface area contributed by atoms with Crippen LogP contribution in [0.15, 0.2) is 21.1 Å². The van der Waals surface area contributed by atoms with Crippen LogP contribution in [-0.4, -0.2) is 13.7 Å². The van der Waals surface area contributed by atoms with Gasteiger partial charge in [0.25, 0.3) is 0 Å². The Morgan fingerprint density at radius 1 is 1.35 bits per heavy atom. The smallest absolute Gasteiger partial charge is 0.137 e. The predicted molar refractivity (Wildman–Crippen MR) is 79.6 cm³/mol. The quantitative estimate of drug-likeness (QED) is 0.809. The van der Waals surface area contributed by atoms with E-state index in [1.54, 1.807) is 7.11 Å². The van der Waals surface area contributed by atoms with Gasteiger partial charge in [0.05, 0.1) is 11.6 Å². The summed E-state index contributed by atoms with van der Waals surface area (Å²) in [7, 11) is 1.70. The van der Waals surface area contributed by atoms with E-state index < -0.39 is 0 Å². The molecule has 0 fully saturated rings. The average Bonchev–Trinajstić information content (AvgIpc) is 2.28. The normalized spacial score (nSPS) is 12.5. The minimum Gasteiger partial charge on any atom is -0.495 e. The molecule has 0 heterocycles. The van der Waals surface area contributed by atoms with Crippen molar-refractivity contribution in [2.24, 2.45) is 5.92 Å². The molecule has 0 bridgehead atoms. The Hall–Kier alpha value is -0.0600. The molecule has 0 aliphatic heterocycles. The van der Waals surface area contributed by atoms with Crippen LogP contribution in [0.4, 0.5) is 0 Å². The Labute approximate surface area is 120 Å². The molecular formula is C13H19Br2NO. The molecule has 0 aromatic heterocycles. The van der Waals surface area contributed by atoms with Gasteiger partial charge in [0.15, 0.2) is 0 Å². The summed E-state index contributed by atoms with van der Waals surface area (Å²) >= 11 is 7.01. The van der Waals surface area contributed by atoms with Gasteiger partial charge in [0.1, 0.15) is 5.75 Å². The highest BCUT2D eigenvalue weighted by molar-refractivity contribution is 9.11. The minimum absolute atomic E-state index is 0.705. The van der Waals surface area contributed by atoms with E-state index in [0.29, 0.717) is 5.92 Å². The summed E-state index contributed by atoms with van der Waals surface area (Å²) in [6.45, 7) is 6.32. The van der Waals surface area contributed by atoms with Gasteiger partial charge in [-0.05, 0) is 40.5 Å². The van der Waals surface area contributed by atoms with Crippen molar-refractivity contribution in [3.63, 3.8) is 0 Å². The number of halogens is 2. The first-order valence-corrected chi connectivity index (χ1v) is 7.39. The Morgan fingerprint density at radius 3 is 2.65 bits per heavy atom. The molecule has 0 radical (unpaired) electrons. The van der Waals surface area contributed by atoms with Crippen LogP contribution < -0.4 is 10.1 Å². The number of hydrogen-bond donors (Lipinski definition) is 1. The number of methoxy groups -OCH3 is 1. The van der Waals surface area contributed by atoms with Crippen LogP contribution in [0.5, 0.6) is 5.75 Å². The summed E-state index contributed by atoms with van der Waals surface area (Å²) in [6, 6.07) is 4.09. The van der Waals surface area contributed by atoms with E-state index in [0.717, 1.165) is 33.3 Å². The highest BCUT2D eigenvalue weighted by Gasteiger charge is 2.09. The fourth-order valence-electron chi connectivity index (χ4n) is 1.57. The third kappa shape index (κ3) is 4.60. The molecule has 96 valence electrons. The van der Waals surface area contributed by atoms with Gasteiger partial charge in [0, 0.05) is 16.6 Å².